The first kappa shape index (κ1) is 21.4. The van der Waals surface area contributed by atoms with Crippen LogP contribution in [0.5, 0.6) is 0 Å². The molecule has 0 spiro atoms. The van der Waals surface area contributed by atoms with Crippen molar-refractivity contribution in [3.63, 3.8) is 0 Å². The second-order valence-corrected chi connectivity index (χ2v) is 9.79. The highest BCUT2D eigenvalue weighted by molar-refractivity contribution is 7.16. The van der Waals surface area contributed by atoms with Crippen LogP contribution < -0.4 is 5.32 Å². The molecule has 1 saturated carbocycles. The van der Waals surface area contributed by atoms with Gasteiger partial charge in [0.15, 0.2) is 0 Å². The quantitative estimate of drug-likeness (QED) is 0.610. The molecule has 2 unspecified atom stereocenters. The molecule has 0 saturated heterocycles. The average Bonchev–Trinajstić information content (AvgIpc) is 3.42. The van der Waals surface area contributed by atoms with Crippen molar-refractivity contribution in [1.29, 1.82) is 5.26 Å². The van der Waals surface area contributed by atoms with Gasteiger partial charge in [0.2, 0.25) is 11.8 Å². The molecule has 1 aliphatic carbocycles. The van der Waals surface area contributed by atoms with E-state index in [0.717, 1.165) is 22.7 Å². The van der Waals surface area contributed by atoms with Crippen molar-refractivity contribution < 1.29 is 9.59 Å². The summed E-state index contributed by atoms with van der Waals surface area (Å²) < 4.78 is 1.93. The number of fused-ring (bicyclic) bond motifs is 1. The summed E-state index contributed by atoms with van der Waals surface area (Å²) in [5.74, 6) is 1.15. The fraction of sp³-hybridized carbons (Fsp3) is 0.360. The van der Waals surface area contributed by atoms with Crippen LogP contribution in [0.4, 0.5) is 5.00 Å². The van der Waals surface area contributed by atoms with Gasteiger partial charge in [-0.15, -0.1) is 11.3 Å². The molecule has 2 aromatic heterocycles. The number of aromatic nitrogens is 2. The first-order valence-electron chi connectivity index (χ1n) is 11.2. The summed E-state index contributed by atoms with van der Waals surface area (Å²) in [7, 11) is 1.93. The number of aryl methyl sites for hydroxylation is 2. The number of carbonyl (C=O) groups excluding carboxylic acids is 2. The summed E-state index contributed by atoms with van der Waals surface area (Å²) in [6.07, 6.45) is 6.09. The Morgan fingerprint density at radius 1 is 1.30 bits per heavy atom. The number of benzene rings is 1. The molecular formula is C25H25N5O2S. The third-order valence-corrected chi connectivity index (χ3v) is 7.73. The summed E-state index contributed by atoms with van der Waals surface area (Å²) >= 11 is 1.43. The minimum absolute atomic E-state index is 0.0260. The first-order chi connectivity index (χ1) is 16.0. The van der Waals surface area contributed by atoms with Crippen molar-refractivity contribution in [1.82, 2.24) is 14.5 Å². The van der Waals surface area contributed by atoms with Crippen molar-refractivity contribution >= 4 is 28.2 Å². The second-order valence-electron chi connectivity index (χ2n) is 8.69. The number of nitrogens with zero attached hydrogens (tertiary/aromatic N) is 4. The van der Waals surface area contributed by atoms with Gasteiger partial charge in [0, 0.05) is 49.6 Å². The van der Waals surface area contributed by atoms with E-state index >= 15 is 0 Å². The Morgan fingerprint density at radius 3 is 2.85 bits per heavy atom. The Labute approximate surface area is 196 Å². The monoisotopic (exact) mass is 459 g/mol. The van der Waals surface area contributed by atoms with Gasteiger partial charge in [-0.3, -0.25) is 9.59 Å². The number of carbonyl (C=O) groups is 2. The zero-order valence-electron chi connectivity index (χ0n) is 18.5. The number of nitriles is 1. The lowest BCUT2D eigenvalue weighted by atomic mass is 10.0. The van der Waals surface area contributed by atoms with Crippen molar-refractivity contribution in [3.8, 4) is 6.07 Å². The first-order valence-corrected chi connectivity index (χ1v) is 12.0. The van der Waals surface area contributed by atoms with Crippen LogP contribution in [0, 0.1) is 17.2 Å². The number of amides is 2. The van der Waals surface area contributed by atoms with E-state index in [9.17, 15) is 14.9 Å². The van der Waals surface area contributed by atoms with E-state index in [1.54, 1.807) is 6.20 Å². The van der Waals surface area contributed by atoms with Crippen LogP contribution in [0.1, 0.15) is 46.2 Å². The molecule has 168 valence electrons. The molecule has 1 aliphatic heterocycles. The predicted molar refractivity (Wildman–Crippen MR) is 126 cm³/mol. The van der Waals surface area contributed by atoms with Gasteiger partial charge >= 0.3 is 0 Å². The van der Waals surface area contributed by atoms with Gasteiger partial charge in [-0.2, -0.15) is 5.26 Å². The Bertz CT molecular complexity index is 1240. The molecule has 0 radical (unpaired) electrons. The number of imidazole rings is 1. The smallest absolute Gasteiger partial charge is 0.228 e. The molecule has 3 heterocycles. The van der Waals surface area contributed by atoms with Gasteiger partial charge in [-0.1, -0.05) is 30.3 Å². The maximum Gasteiger partial charge on any atom is 0.228 e. The maximum absolute atomic E-state index is 12.9. The molecule has 2 atom stereocenters. The third-order valence-electron chi connectivity index (χ3n) is 6.60. The van der Waals surface area contributed by atoms with Crippen LogP contribution in [0.25, 0.3) is 0 Å². The van der Waals surface area contributed by atoms with Crippen LogP contribution in [0.15, 0.2) is 42.7 Å². The average molecular weight is 460 g/mol. The van der Waals surface area contributed by atoms with Gasteiger partial charge < -0.3 is 14.8 Å². The number of hydrogen-bond donors (Lipinski definition) is 1. The molecule has 0 bridgehead atoms. The Balaban J connectivity index is 1.24. The second kappa shape index (κ2) is 8.83. The molecule has 1 fully saturated rings. The highest BCUT2D eigenvalue weighted by Crippen LogP contribution is 2.48. The van der Waals surface area contributed by atoms with E-state index in [2.05, 4.69) is 28.5 Å². The van der Waals surface area contributed by atoms with E-state index in [4.69, 9.17) is 0 Å². The number of anilines is 1. The van der Waals surface area contributed by atoms with E-state index < -0.39 is 0 Å². The molecule has 8 heteroatoms. The molecule has 1 N–H and O–H groups in total. The molecule has 1 aromatic carbocycles. The Morgan fingerprint density at radius 2 is 2.12 bits per heavy atom. The molecular weight excluding hydrogens is 434 g/mol. The summed E-state index contributed by atoms with van der Waals surface area (Å²) in [6.45, 7) is 1.07. The summed E-state index contributed by atoms with van der Waals surface area (Å²) in [6, 6.07) is 12.4. The topological polar surface area (TPSA) is 91.0 Å². The standard InChI is InChI=1S/C25H25N5O2S/c1-29-12-10-27-22(29)7-8-23(31)30-11-9-17-20(14-26)25(33-21(17)15-30)28-24(32)19-13-18(19)16-5-3-2-4-6-16/h2-6,10,12,18-19H,7-9,11,13,15H2,1H3,(H,28,32). The zero-order chi connectivity index (χ0) is 22.9. The summed E-state index contributed by atoms with van der Waals surface area (Å²) in [4.78, 5) is 32.8. The van der Waals surface area contributed by atoms with Crippen LogP contribution in [-0.2, 0) is 36.0 Å². The number of hydrogen-bond acceptors (Lipinski definition) is 5. The van der Waals surface area contributed by atoms with Crippen LogP contribution in [0.2, 0.25) is 0 Å². The van der Waals surface area contributed by atoms with Crippen molar-refractivity contribution in [3.05, 3.63) is 70.1 Å². The maximum atomic E-state index is 12.9. The summed E-state index contributed by atoms with van der Waals surface area (Å²) in [5.41, 5.74) is 2.71. The van der Waals surface area contributed by atoms with Gasteiger partial charge in [0.1, 0.15) is 16.9 Å². The minimum Gasteiger partial charge on any atom is -0.338 e. The zero-order valence-corrected chi connectivity index (χ0v) is 19.3. The van der Waals surface area contributed by atoms with Crippen molar-refractivity contribution in [2.75, 3.05) is 11.9 Å². The van der Waals surface area contributed by atoms with Crippen molar-refractivity contribution in [2.45, 2.75) is 38.1 Å². The lowest BCUT2D eigenvalue weighted by molar-refractivity contribution is -0.132. The Hall–Kier alpha value is -3.44. The van der Waals surface area contributed by atoms with E-state index in [1.807, 2.05) is 40.9 Å². The largest absolute Gasteiger partial charge is 0.338 e. The Kier molecular flexibility index (Phi) is 5.73. The van der Waals surface area contributed by atoms with E-state index in [-0.39, 0.29) is 23.7 Å². The third kappa shape index (κ3) is 4.29. The fourth-order valence-corrected chi connectivity index (χ4v) is 5.81. The lowest BCUT2D eigenvalue weighted by Gasteiger charge is -2.27. The number of rotatable bonds is 6. The minimum atomic E-state index is -0.0535. The number of thiophene rings is 1. The van der Waals surface area contributed by atoms with E-state index in [1.165, 1.54) is 16.9 Å². The SMILES string of the molecule is Cn1ccnc1CCC(=O)N1CCc2c(sc(NC(=O)C3CC3c3ccccc3)c2C#N)C1. The number of nitrogens with one attached hydrogen (secondary N) is 1. The van der Waals surface area contributed by atoms with Crippen LogP contribution >= 0.6 is 11.3 Å². The normalized spacial score (nSPS) is 19.0. The predicted octanol–water partition coefficient (Wildman–Crippen LogP) is 3.61. The van der Waals surface area contributed by atoms with Gasteiger partial charge in [-0.05, 0) is 29.9 Å². The van der Waals surface area contributed by atoms with Crippen LogP contribution in [-0.4, -0.2) is 32.8 Å². The van der Waals surface area contributed by atoms with Crippen LogP contribution in [0.3, 0.4) is 0 Å². The molecule has 2 aliphatic rings. The molecule has 5 rings (SSSR count). The van der Waals surface area contributed by atoms with Gasteiger partial charge in [-0.25, -0.2) is 4.98 Å². The lowest BCUT2D eigenvalue weighted by Crippen LogP contribution is -2.35. The molecule has 2 amide bonds. The highest BCUT2D eigenvalue weighted by Gasteiger charge is 2.44. The molecule has 3 aromatic rings. The molecule has 7 nitrogen and oxygen atoms in total. The molecule has 33 heavy (non-hydrogen) atoms. The van der Waals surface area contributed by atoms with Gasteiger partial charge in [0.25, 0.3) is 0 Å². The fourth-order valence-electron chi connectivity index (χ4n) is 4.59. The van der Waals surface area contributed by atoms with Crippen molar-refractivity contribution in [2.24, 2.45) is 13.0 Å². The highest BCUT2D eigenvalue weighted by atomic mass is 32.1. The summed E-state index contributed by atoms with van der Waals surface area (Å²) in [5, 5.41) is 13.4. The van der Waals surface area contributed by atoms with E-state index in [0.29, 0.717) is 42.9 Å². The van der Waals surface area contributed by atoms with Gasteiger partial charge in [0.05, 0.1) is 12.1 Å².